The number of aromatic nitrogens is 1. The number of pyridine rings is 1. The third-order valence-electron chi connectivity index (χ3n) is 1.88. The van der Waals surface area contributed by atoms with Crippen molar-refractivity contribution in [3.05, 3.63) is 44.6 Å². The fourth-order valence-electron chi connectivity index (χ4n) is 1.14. The number of aromatic amines is 1. The van der Waals surface area contributed by atoms with E-state index in [1.165, 1.54) is 18.3 Å². The first-order chi connectivity index (χ1) is 7.99. The number of H-pyrrole nitrogens is 1. The Morgan fingerprint density at radius 1 is 1.29 bits per heavy atom. The maximum Gasteiger partial charge on any atom is 0.272 e. The molecule has 0 radical (unpaired) electrons. The predicted molar refractivity (Wildman–Crippen MR) is 69.9 cm³/mol. The predicted octanol–water partition coefficient (Wildman–Crippen LogP) is 2.00. The van der Waals surface area contributed by atoms with Crippen molar-refractivity contribution < 1.29 is 8.42 Å². The fourth-order valence-corrected chi connectivity index (χ4v) is 4.21. The molecule has 0 aliphatic rings. The lowest BCUT2D eigenvalue weighted by atomic mass is 10.4. The molecule has 17 heavy (non-hydrogen) atoms. The van der Waals surface area contributed by atoms with Gasteiger partial charge in [-0.2, -0.15) is 0 Å². The lowest BCUT2D eigenvalue weighted by Gasteiger charge is -2.04. The maximum absolute atomic E-state index is 11.9. The van der Waals surface area contributed by atoms with E-state index in [-0.39, 0.29) is 9.90 Å². The molecule has 2 N–H and O–H groups in total. The molecule has 0 aromatic carbocycles. The first kappa shape index (κ1) is 12.3. The van der Waals surface area contributed by atoms with Gasteiger partial charge in [-0.3, -0.25) is 9.52 Å². The summed E-state index contributed by atoms with van der Waals surface area (Å²) >= 11 is 4.26. The number of halogens is 1. The van der Waals surface area contributed by atoms with Crippen LogP contribution in [0.25, 0.3) is 0 Å². The van der Waals surface area contributed by atoms with Gasteiger partial charge in [0.2, 0.25) is 0 Å². The Morgan fingerprint density at radius 3 is 2.65 bits per heavy atom. The number of thiophene rings is 1. The number of anilines is 1. The van der Waals surface area contributed by atoms with Crippen LogP contribution in [-0.4, -0.2) is 13.4 Å². The fraction of sp³-hybridized carbons (Fsp3) is 0. The second-order valence-corrected chi connectivity index (χ2v) is 7.45. The molecule has 8 heteroatoms. The number of hydrogen-bond acceptors (Lipinski definition) is 4. The van der Waals surface area contributed by atoms with Gasteiger partial charge in [0, 0.05) is 6.20 Å². The van der Waals surface area contributed by atoms with Gasteiger partial charge in [0.05, 0.1) is 3.79 Å². The highest BCUT2D eigenvalue weighted by Crippen LogP contribution is 2.26. The zero-order valence-corrected chi connectivity index (χ0v) is 11.5. The number of rotatable bonds is 3. The van der Waals surface area contributed by atoms with Crippen molar-refractivity contribution in [1.29, 1.82) is 0 Å². The van der Waals surface area contributed by atoms with E-state index < -0.39 is 15.6 Å². The van der Waals surface area contributed by atoms with E-state index in [0.29, 0.717) is 3.79 Å². The smallest absolute Gasteiger partial charge is 0.272 e. The zero-order valence-electron chi connectivity index (χ0n) is 8.31. The normalized spacial score (nSPS) is 11.4. The van der Waals surface area contributed by atoms with Gasteiger partial charge >= 0.3 is 0 Å². The Morgan fingerprint density at radius 2 is 2.06 bits per heavy atom. The molecule has 0 amide bonds. The van der Waals surface area contributed by atoms with E-state index >= 15 is 0 Å². The molecule has 0 saturated carbocycles. The summed E-state index contributed by atoms with van der Waals surface area (Å²) in [6, 6.07) is 6.05. The molecule has 2 heterocycles. The molecule has 0 saturated heterocycles. The summed E-state index contributed by atoms with van der Waals surface area (Å²) in [6.07, 6.45) is 1.43. The molecule has 0 aliphatic heterocycles. The largest absolute Gasteiger partial charge is 0.327 e. The molecular weight excluding hydrogens is 328 g/mol. The molecule has 0 aliphatic carbocycles. The summed E-state index contributed by atoms with van der Waals surface area (Å²) in [5, 5.41) is 0. The Balaban J connectivity index is 2.37. The molecule has 5 nitrogen and oxygen atoms in total. The molecule has 2 rings (SSSR count). The van der Waals surface area contributed by atoms with Crippen LogP contribution in [0.5, 0.6) is 0 Å². The van der Waals surface area contributed by atoms with Crippen LogP contribution in [0.15, 0.2) is 43.3 Å². The van der Waals surface area contributed by atoms with Crippen LogP contribution in [0.1, 0.15) is 0 Å². The topological polar surface area (TPSA) is 79.0 Å². The maximum atomic E-state index is 11.9. The minimum atomic E-state index is -3.70. The van der Waals surface area contributed by atoms with Crippen LogP contribution in [0.3, 0.4) is 0 Å². The van der Waals surface area contributed by atoms with Crippen LogP contribution >= 0.6 is 27.3 Å². The van der Waals surface area contributed by atoms with E-state index in [0.717, 1.165) is 11.3 Å². The van der Waals surface area contributed by atoms with Crippen molar-refractivity contribution in [2.75, 3.05) is 4.72 Å². The minimum absolute atomic E-state index is 0.00276. The second kappa shape index (κ2) is 4.63. The third-order valence-corrected chi connectivity index (χ3v) is 5.36. The van der Waals surface area contributed by atoms with Gasteiger partial charge in [-0.1, -0.05) is 0 Å². The van der Waals surface area contributed by atoms with Crippen molar-refractivity contribution in [3.63, 3.8) is 0 Å². The number of nitrogens with one attached hydrogen (secondary N) is 2. The second-order valence-electron chi connectivity index (χ2n) is 3.08. The van der Waals surface area contributed by atoms with Crippen molar-refractivity contribution in [1.82, 2.24) is 4.98 Å². The van der Waals surface area contributed by atoms with Crippen LogP contribution < -0.4 is 10.3 Å². The van der Waals surface area contributed by atoms with E-state index in [9.17, 15) is 13.2 Å². The van der Waals surface area contributed by atoms with Crippen molar-refractivity contribution in [3.8, 4) is 0 Å². The standard InChI is InChI=1S/C9H7BrN2O3S2/c10-7-3-4-8(16-7)17(14,15)12-6-2-1-5-11-9(6)13/h1-5,12H,(H,11,13). The summed E-state index contributed by atoms with van der Waals surface area (Å²) < 4.78 is 26.9. The van der Waals surface area contributed by atoms with E-state index in [1.54, 1.807) is 12.1 Å². The highest BCUT2D eigenvalue weighted by Gasteiger charge is 2.17. The molecule has 0 fully saturated rings. The summed E-state index contributed by atoms with van der Waals surface area (Å²) in [5.74, 6) is 0. The molecule has 2 aromatic heterocycles. The quantitative estimate of drug-likeness (QED) is 0.900. The first-order valence-corrected chi connectivity index (χ1v) is 7.54. The van der Waals surface area contributed by atoms with Gasteiger partial charge in [0.1, 0.15) is 9.90 Å². The van der Waals surface area contributed by atoms with Crippen molar-refractivity contribution in [2.45, 2.75) is 4.21 Å². The summed E-state index contributed by atoms with van der Waals surface area (Å²) in [4.78, 5) is 13.7. The monoisotopic (exact) mass is 334 g/mol. The molecule has 0 atom stereocenters. The van der Waals surface area contributed by atoms with Crippen molar-refractivity contribution >= 4 is 43.0 Å². The average Bonchev–Trinajstić information content (AvgIpc) is 2.69. The van der Waals surface area contributed by atoms with Crippen LogP contribution in [0.4, 0.5) is 5.69 Å². The van der Waals surface area contributed by atoms with Crippen molar-refractivity contribution in [2.24, 2.45) is 0 Å². The molecular formula is C9H7BrN2O3S2. The van der Waals surface area contributed by atoms with Gasteiger partial charge in [0.15, 0.2) is 0 Å². The third kappa shape index (κ3) is 2.76. The van der Waals surface area contributed by atoms with Crippen LogP contribution in [0.2, 0.25) is 0 Å². The minimum Gasteiger partial charge on any atom is -0.327 e. The molecule has 0 unspecified atom stereocenters. The number of hydrogen-bond donors (Lipinski definition) is 2. The van der Waals surface area contributed by atoms with E-state index in [4.69, 9.17) is 0 Å². The summed E-state index contributed by atoms with van der Waals surface area (Å²) in [7, 11) is -3.70. The van der Waals surface area contributed by atoms with Gasteiger partial charge in [-0.25, -0.2) is 8.42 Å². The molecule has 0 spiro atoms. The SMILES string of the molecule is O=c1[nH]cccc1NS(=O)(=O)c1ccc(Br)s1. The Hall–Kier alpha value is -1.12. The summed E-state index contributed by atoms with van der Waals surface area (Å²) in [5.41, 5.74) is -0.483. The highest BCUT2D eigenvalue weighted by atomic mass is 79.9. The van der Waals surface area contributed by atoms with E-state index in [1.807, 2.05) is 0 Å². The Labute approximate surface area is 110 Å². The van der Waals surface area contributed by atoms with Crippen LogP contribution in [-0.2, 0) is 10.0 Å². The van der Waals surface area contributed by atoms with Gasteiger partial charge in [-0.05, 0) is 40.2 Å². The Kier molecular flexibility index (Phi) is 3.36. The zero-order chi connectivity index (χ0) is 12.5. The average molecular weight is 335 g/mol. The molecule has 0 bridgehead atoms. The summed E-state index contributed by atoms with van der Waals surface area (Å²) in [6.45, 7) is 0. The lowest BCUT2D eigenvalue weighted by molar-refractivity contribution is 0.603. The Bertz CT molecular complexity index is 690. The van der Waals surface area contributed by atoms with Gasteiger partial charge < -0.3 is 4.98 Å². The number of sulfonamides is 1. The first-order valence-electron chi connectivity index (χ1n) is 4.45. The highest BCUT2D eigenvalue weighted by molar-refractivity contribution is 9.11. The van der Waals surface area contributed by atoms with Gasteiger partial charge in [0.25, 0.3) is 15.6 Å². The lowest BCUT2D eigenvalue weighted by Crippen LogP contribution is -2.18. The van der Waals surface area contributed by atoms with Crippen LogP contribution in [0, 0.1) is 0 Å². The van der Waals surface area contributed by atoms with Gasteiger partial charge in [-0.15, -0.1) is 11.3 Å². The molecule has 2 aromatic rings. The molecule has 90 valence electrons. The van der Waals surface area contributed by atoms with E-state index in [2.05, 4.69) is 25.6 Å².